The lowest BCUT2D eigenvalue weighted by Gasteiger charge is -2.57. The Kier molecular flexibility index (Phi) is 5.54. The van der Waals surface area contributed by atoms with Crippen LogP contribution in [0.25, 0.3) is 0 Å². The van der Waals surface area contributed by atoms with E-state index < -0.39 is 8.80 Å². The highest BCUT2D eigenvalue weighted by Crippen LogP contribution is 2.47. The molecule has 0 aromatic heterocycles. The number of rotatable bonds is 4. The number of hydrogen-bond donors (Lipinski definition) is 0. The Hall–Kier alpha value is 0.354. The molecule has 4 heteroatoms. The second kappa shape index (κ2) is 6.63. The molecule has 0 bridgehead atoms. The molecule has 2 heterocycles. The van der Waals surface area contributed by atoms with Gasteiger partial charge in [-0.1, -0.05) is 38.8 Å². The smallest absolute Gasteiger partial charge is 0.0839 e. The predicted molar refractivity (Wildman–Crippen MR) is 92.4 cm³/mol. The van der Waals surface area contributed by atoms with Gasteiger partial charge in [-0.15, -0.1) is 0 Å². The largest absolute Gasteiger partial charge is 0.377 e. The first-order chi connectivity index (χ1) is 9.43. The Labute approximate surface area is 130 Å². The molecule has 0 amide bonds. The van der Waals surface area contributed by atoms with Gasteiger partial charge in [0.05, 0.1) is 19.2 Å². The van der Waals surface area contributed by atoms with Crippen LogP contribution >= 0.6 is 0 Å². The normalized spacial score (nSPS) is 36.1. The van der Waals surface area contributed by atoms with E-state index >= 15 is 0 Å². The summed E-state index contributed by atoms with van der Waals surface area (Å²) in [6.07, 6.45) is 7.69. The van der Waals surface area contributed by atoms with Crippen LogP contribution in [0.1, 0.15) is 66.2 Å². The van der Waals surface area contributed by atoms with Crippen LogP contribution in [0.15, 0.2) is 0 Å². The molecule has 0 aromatic rings. The average Bonchev–Trinajstić information content (AvgIpc) is 2.39. The molecule has 118 valence electrons. The molecule has 2 aliphatic heterocycles. The summed E-state index contributed by atoms with van der Waals surface area (Å²) >= 11 is 0. The Bertz CT molecular complexity index is 298. The Balaban J connectivity index is 2.37. The van der Waals surface area contributed by atoms with E-state index in [1.165, 1.54) is 38.5 Å². The third kappa shape index (κ3) is 2.94. The van der Waals surface area contributed by atoms with E-state index in [9.17, 15) is 0 Å². The van der Waals surface area contributed by atoms with E-state index in [1.807, 2.05) is 0 Å². The highest BCUT2D eigenvalue weighted by Gasteiger charge is 2.57. The van der Waals surface area contributed by atoms with Crippen molar-refractivity contribution in [1.29, 1.82) is 0 Å². The summed E-state index contributed by atoms with van der Waals surface area (Å²) in [6.45, 7) is 11.7. The molecule has 2 rings (SSSR count). The lowest BCUT2D eigenvalue weighted by Crippen LogP contribution is -2.69. The predicted octanol–water partition coefficient (Wildman–Crippen LogP) is 2.77. The first-order valence-electron chi connectivity index (χ1n) is 8.71. The Morgan fingerprint density at radius 2 is 1.40 bits per heavy atom. The molecule has 0 saturated carbocycles. The van der Waals surface area contributed by atoms with E-state index in [0.717, 1.165) is 34.5 Å². The minimum Gasteiger partial charge on any atom is -0.377 e. The number of hydrogen-bond acceptors (Lipinski definition) is 2. The van der Waals surface area contributed by atoms with Crippen LogP contribution in [0.2, 0.25) is 11.1 Å². The van der Waals surface area contributed by atoms with Crippen LogP contribution in [-0.2, 0) is 9.47 Å². The second-order valence-electron chi connectivity index (χ2n) is 7.75. The summed E-state index contributed by atoms with van der Waals surface area (Å²) < 4.78 is 13.1. The van der Waals surface area contributed by atoms with Crippen molar-refractivity contribution >= 4 is 19.0 Å². The number of ether oxygens (including phenoxy) is 2. The molecule has 2 saturated heterocycles. The molecule has 0 aromatic carbocycles. The fraction of sp³-hybridized carbons (Fsp3) is 1.00. The molecule has 0 aliphatic carbocycles. The van der Waals surface area contributed by atoms with Crippen LogP contribution in [0.5, 0.6) is 0 Å². The SMILES string of the molecule is CC(C)[SiH](C(C)C)C1(C2([SiH3])CCCCO2)CCCCO1. The van der Waals surface area contributed by atoms with E-state index in [0.29, 0.717) is 0 Å². The quantitative estimate of drug-likeness (QED) is 0.743. The van der Waals surface area contributed by atoms with Crippen LogP contribution in [0.4, 0.5) is 0 Å². The van der Waals surface area contributed by atoms with Gasteiger partial charge in [0.25, 0.3) is 0 Å². The maximum Gasteiger partial charge on any atom is 0.0839 e. The van der Waals surface area contributed by atoms with Crippen molar-refractivity contribution in [1.82, 2.24) is 0 Å². The van der Waals surface area contributed by atoms with Crippen LogP contribution in [-0.4, -0.2) is 42.7 Å². The summed E-state index contributed by atoms with van der Waals surface area (Å²) in [4.78, 5) is 0. The van der Waals surface area contributed by atoms with Crippen molar-refractivity contribution in [3.63, 3.8) is 0 Å². The first-order valence-corrected chi connectivity index (χ1v) is 11.6. The molecule has 0 radical (unpaired) electrons. The molecule has 2 aliphatic rings. The maximum absolute atomic E-state index is 6.66. The van der Waals surface area contributed by atoms with Gasteiger partial charge in [-0.2, -0.15) is 0 Å². The van der Waals surface area contributed by atoms with E-state index in [2.05, 4.69) is 27.7 Å². The summed E-state index contributed by atoms with van der Waals surface area (Å²) in [5.41, 5.74) is 1.59. The van der Waals surface area contributed by atoms with E-state index in [4.69, 9.17) is 9.47 Å². The Morgan fingerprint density at radius 3 is 1.80 bits per heavy atom. The van der Waals surface area contributed by atoms with E-state index in [-0.39, 0.29) is 10.4 Å². The monoisotopic (exact) mass is 314 g/mol. The standard InChI is InChI=1S/C16H34O2Si2/c1-13(2)20(14(3)4)16(10-6-8-12-18-16)15(19)9-5-7-11-17-15/h13-14,20H,5-12H2,1-4,19H3. The van der Waals surface area contributed by atoms with Crippen LogP contribution in [0, 0.1) is 0 Å². The zero-order valence-electron chi connectivity index (χ0n) is 14.2. The van der Waals surface area contributed by atoms with Gasteiger partial charge in [0.15, 0.2) is 0 Å². The molecule has 2 unspecified atom stereocenters. The lowest BCUT2D eigenvalue weighted by atomic mass is 9.96. The van der Waals surface area contributed by atoms with Gasteiger partial charge >= 0.3 is 0 Å². The van der Waals surface area contributed by atoms with Crippen LogP contribution in [0.3, 0.4) is 0 Å². The van der Waals surface area contributed by atoms with Gasteiger partial charge in [-0.05, 0) is 38.5 Å². The Morgan fingerprint density at radius 1 is 0.850 bits per heavy atom. The molecular formula is C16H34O2Si2. The summed E-state index contributed by atoms with van der Waals surface area (Å²) in [5.74, 6) is 0. The van der Waals surface area contributed by atoms with Gasteiger partial charge in [-0.25, -0.2) is 0 Å². The maximum atomic E-state index is 6.66. The molecule has 20 heavy (non-hydrogen) atoms. The molecule has 0 N–H and O–H groups in total. The zero-order chi connectivity index (χ0) is 14.8. The van der Waals surface area contributed by atoms with Crippen molar-refractivity contribution in [2.75, 3.05) is 13.2 Å². The molecule has 2 nitrogen and oxygen atoms in total. The topological polar surface area (TPSA) is 18.5 Å². The average molecular weight is 315 g/mol. The summed E-state index contributed by atoms with van der Waals surface area (Å²) in [7, 11) is 0.0714. The van der Waals surface area contributed by atoms with Gasteiger partial charge < -0.3 is 9.47 Å². The van der Waals surface area contributed by atoms with E-state index in [1.54, 1.807) is 0 Å². The first kappa shape index (κ1) is 16.7. The molecular weight excluding hydrogens is 280 g/mol. The van der Waals surface area contributed by atoms with Crippen LogP contribution < -0.4 is 0 Å². The van der Waals surface area contributed by atoms with Gasteiger partial charge in [0.1, 0.15) is 0 Å². The molecule has 0 spiro atoms. The highest BCUT2D eigenvalue weighted by molar-refractivity contribution is 6.66. The van der Waals surface area contributed by atoms with Crippen molar-refractivity contribution < 1.29 is 9.47 Å². The highest BCUT2D eigenvalue weighted by atomic mass is 28.3. The van der Waals surface area contributed by atoms with Crippen molar-refractivity contribution in [2.24, 2.45) is 0 Å². The van der Waals surface area contributed by atoms with Crippen molar-refractivity contribution in [3.05, 3.63) is 0 Å². The second-order valence-corrected chi connectivity index (χ2v) is 14.0. The van der Waals surface area contributed by atoms with Gasteiger partial charge in [0.2, 0.25) is 0 Å². The lowest BCUT2D eigenvalue weighted by molar-refractivity contribution is -0.162. The molecule has 2 fully saturated rings. The molecule has 2 atom stereocenters. The minimum absolute atomic E-state index is 0.108. The van der Waals surface area contributed by atoms with Gasteiger partial charge in [-0.3, -0.25) is 0 Å². The third-order valence-corrected chi connectivity index (χ3v) is 12.9. The fourth-order valence-corrected chi connectivity index (χ4v) is 12.4. The van der Waals surface area contributed by atoms with Crippen molar-refractivity contribution in [2.45, 2.75) is 87.8 Å². The summed E-state index contributed by atoms with van der Waals surface area (Å²) in [5, 5.41) is 0.233. The van der Waals surface area contributed by atoms with Gasteiger partial charge in [0, 0.05) is 23.5 Å². The zero-order valence-corrected chi connectivity index (χ0v) is 17.4. The third-order valence-electron chi connectivity index (χ3n) is 5.64. The summed E-state index contributed by atoms with van der Waals surface area (Å²) in [6, 6.07) is 0. The van der Waals surface area contributed by atoms with Crippen molar-refractivity contribution in [3.8, 4) is 0 Å². The minimum atomic E-state index is -1.05. The fourth-order valence-electron chi connectivity index (χ4n) is 4.96.